The van der Waals surface area contributed by atoms with Gasteiger partial charge in [0.1, 0.15) is 0 Å². The van der Waals surface area contributed by atoms with Crippen LogP contribution in [0.25, 0.3) is 10.9 Å². The summed E-state index contributed by atoms with van der Waals surface area (Å²) in [5.41, 5.74) is 1.38. The van der Waals surface area contributed by atoms with Crippen LogP contribution in [0.3, 0.4) is 0 Å². The lowest BCUT2D eigenvalue weighted by Crippen LogP contribution is -2.56. The minimum absolute atomic E-state index is 0.136. The Morgan fingerprint density at radius 3 is 2.83 bits per heavy atom. The van der Waals surface area contributed by atoms with Crippen LogP contribution >= 0.6 is 11.6 Å². The maximum atomic E-state index is 13.7. The number of carbonyl (C=O) groups is 1. The quantitative estimate of drug-likeness (QED) is 0.440. The van der Waals surface area contributed by atoms with E-state index in [0.717, 1.165) is 47.6 Å². The van der Waals surface area contributed by atoms with Crippen molar-refractivity contribution in [2.75, 3.05) is 13.7 Å². The third-order valence-corrected chi connectivity index (χ3v) is 11.5. The molecule has 0 amide bonds. The summed E-state index contributed by atoms with van der Waals surface area (Å²) in [4.78, 5) is 13.7. The van der Waals surface area contributed by atoms with E-state index in [2.05, 4.69) is 18.9 Å². The van der Waals surface area contributed by atoms with Gasteiger partial charge >= 0.3 is 0 Å². The lowest BCUT2D eigenvalue weighted by molar-refractivity contribution is -0.154. The molecule has 4 fully saturated rings. The van der Waals surface area contributed by atoms with Crippen LogP contribution in [0, 0.1) is 46.3 Å². The van der Waals surface area contributed by atoms with Crippen LogP contribution in [0.2, 0.25) is 5.02 Å². The zero-order chi connectivity index (χ0) is 24.4. The highest BCUT2D eigenvalue weighted by molar-refractivity contribution is 6.31. The number of aromatic nitrogens is 2. The monoisotopic (exact) mass is 496 g/mol. The first-order valence-electron chi connectivity index (χ1n) is 14.0. The van der Waals surface area contributed by atoms with E-state index < -0.39 is 0 Å². The summed E-state index contributed by atoms with van der Waals surface area (Å²) < 4.78 is 7.79. The van der Waals surface area contributed by atoms with Gasteiger partial charge in [-0.3, -0.25) is 9.48 Å². The molecule has 8 unspecified atom stereocenters. The van der Waals surface area contributed by atoms with Gasteiger partial charge in [-0.2, -0.15) is 5.10 Å². The first-order chi connectivity index (χ1) is 16.8. The largest absolute Gasteiger partial charge is 0.384 e. The highest BCUT2D eigenvalue weighted by Crippen LogP contribution is 2.68. The zero-order valence-electron chi connectivity index (χ0n) is 21.6. The van der Waals surface area contributed by atoms with Crippen molar-refractivity contribution in [3.05, 3.63) is 29.4 Å². The molecule has 0 spiro atoms. The highest BCUT2D eigenvalue weighted by atomic mass is 35.5. The van der Waals surface area contributed by atoms with E-state index in [1.54, 1.807) is 0 Å². The SMILES string of the molecule is COCC12CCC(C)CC1CCC1C3CCC(C(=O)Cn4cc5ccc(Cl)cc5n4)C3(C)CCC12. The van der Waals surface area contributed by atoms with Crippen molar-refractivity contribution >= 4 is 28.3 Å². The van der Waals surface area contributed by atoms with Crippen LogP contribution in [0.4, 0.5) is 0 Å². The number of carbonyl (C=O) groups excluding carboxylic acids is 1. The highest BCUT2D eigenvalue weighted by Gasteiger charge is 2.62. The van der Waals surface area contributed by atoms with Crippen LogP contribution in [0.1, 0.15) is 71.6 Å². The molecule has 4 aliphatic rings. The maximum absolute atomic E-state index is 13.7. The van der Waals surface area contributed by atoms with E-state index in [4.69, 9.17) is 16.3 Å². The number of hydrogen-bond acceptors (Lipinski definition) is 3. The molecule has 0 N–H and O–H groups in total. The molecule has 35 heavy (non-hydrogen) atoms. The van der Waals surface area contributed by atoms with E-state index >= 15 is 0 Å². The second-order valence-corrected chi connectivity index (χ2v) is 13.3. The third-order valence-electron chi connectivity index (χ3n) is 11.3. The molecule has 190 valence electrons. The average Bonchev–Trinajstić information content (AvgIpc) is 3.38. The number of Topliss-reactive ketones (excluding diaryl/α,β-unsaturated/α-hetero) is 1. The second kappa shape index (κ2) is 8.87. The van der Waals surface area contributed by atoms with E-state index in [1.807, 2.05) is 36.2 Å². The molecule has 2 aromatic rings. The summed E-state index contributed by atoms with van der Waals surface area (Å²) in [6, 6.07) is 5.75. The predicted octanol–water partition coefficient (Wildman–Crippen LogP) is 7.18. The molecule has 1 aromatic heterocycles. The number of ketones is 1. The Hall–Kier alpha value is -1.39. The van der Waals surface area contributed by atoms with Crippen molar-refractivity contribution < 1.29 is 9.53 Å². The number of benzene rings is 1. The van der Waals surface area contributed by atoms with E-state index in [0.29, 0.717) is 28.7 Å². The fourth-order valence-electron chi connectivity index (χ4n) is 9.73. The van der Waals surface area contributed by atoms with Gasteiger partial charge in [0.15, 0.2) is 5.78 Å². The zero-order valence-corrected chi connectivity index (χ0v) is 22.4. The van der Waals surface area contributed by atoms with Crippen molar-refractivity contribution in [1.29, 1.82) is 0 Å². The molecule has 0 radical (unpaired) electrons. The van der Waals surface area contributed by atoms with Gasteiger partial charge in [0.2, 0.25) is 0 Å². The van der Waals surface area contributed by atoms with Gasteiger partial charge in [0.25, 0.3) is 0 Å². The predicted molar refractivity (Wildman–Crippen MR) is 140 cm³/mol. The van der Waals surface area contributed by atoms with Gasteiger partial charge in [-0.05, 0) is 110 Å². The normalized spacial score (nSPS) is 40.8. The first-order valence-corrected chi connectivity index (χ1v) is 14.4. The molecule has 0 saturated heterocycles. The van der Waals surface area contributed by atoms with Crippen molar-refractivity contribution in [2.45, 2.75) is 78.2 Å². The fraction of sp³-hybridized carbons (Fsp3) is 0.733. The van der Waals surface area contributed by atoms with Gasteiger partial charge in [-0.1, -0.05) is 31.9 Å². The summed E-state index contributed by atoms with van der Waals surface area (Å²) in [5, 5.41) is 6.38. The molecule has 1 aromatic carbocycles. The molecule has 5 heteroatoms. The van der Waals surface area contributed by atoms with E-state index in [1.165, 1.54) is 51.4 Å². The number of methoxy groups -OCH3 is 1. The molecule has 0 bridgehead atoms. The standard InChI is InChI=1S/C30H41ClN2O2/c1-19-10-13-30(18-35-3)21(14-19)5-7-23-24-8-9-26(29(24,2)12-11-25(23)30)28(34)17-33-16-20-4-6-22(31)15-27(20)32-33/h4,6,15-16,19,21,23-26H,5,7-14,17-18H2,1-3H3. The number of fused-ring (bicyclic) bond motifs is 6. The molecule has 4 saturated carbocycles. The number of nitrogens with zero attached hydrogens (tertiary/aromatic N) is 2. The van der Waals surface area contributed by atoms with Crippen LogP contribution < -0.4 is 0 Å². The summed E-state index contributed by atoms with van der Waals surface area (Å²) in [6.45, 7) is 6.22. The van der Waals surface area contributed by atoms with Gasteiger partial charge < -0.3 is 4.74 Å². The van der Waals surface area contributed by atoms with E-state index in [9.17, 15) is 4.79 Å². The Balaban J connectivity index is 1.22. The van der Waals surface area contributed by atoms with Crippen molar-refractivity contribution in [1.82, 2.24) is 9.78 Å². The van der Waals surface area contributed by atoms with Crippen LogP contribution in [-0.2, 0) is 16.1 Å². The molecule has 1 heterocycles. The molecular formula is C30H41ClN2O2. The number of hydrogen-bond donors (Lipinski definition) is 0. The Bertz CT molecular complexity index is 1110. The summed E-state index contributed by atoms with van der Waals surface area (Å²) in [7, 11) is 1.91. The summed E-state index contributed by atoms with van der Waals surface area (Å²) >= 11 is 6.14. The smallest absolute Gasteiger partial charge is 0.157 e. The minimum Gasteiger partial charge on any atom is -0.384 e. The Kier molecular flexibility index (Phi) is 6.08. The van der Waals surface area contributed by atoms with Crippen molar-refractivity contribution in [3.63, 3.8) is 0 Å². The molecule has 4 nitrogen and oxygen atoms in total. The molecule has 6 rings (SSSR count). The Labute approximate surface area is 215 Å². The van der Waals surface area contributed by atoms with Gasteiger partial charge in [-0.25, -0.2) is 0 Å². The maximum Gasteiger partial charge on any atom is 0.157 e. The lowest BCUT2D eigenvalue weighted by atomic mass is 9.44. The van der Waals surface area contributed by atoms with Crippen LogP contribution in [-0.4, -0.2) is 29.3 Å². The fourth-order valence-corrected chi connectivity index (χ4v) is 9.90. The van der Waals surface area contributed by atoms with Crippen molar-refractivity contribution in [2.24, 2.45) is 46.3 Å². The molecule has 4 aliphatic carbocycles. The minimum atomic E-state index is 0.136. The first kappa shape index (κ1) is 24.0. The van der Waals surface area contributed by atoms with Gasteiger partial charge in [-0.15, -0.1) is 0 Å². The third kappa shape index (κ3) is 3.81. The second-order valence-electron chi connectivity index (χ2n) is 12.9. The van der Waals surface area contributed by atoms with Crippen molar-refractivity contribution in [3.8, 4) is 0 Å². The number of ether oxygens (including phenoxy) is 1. The molecule has 8 atom stereocenters. The van der Waals surface area contributed by atoms with Crippen LogP contribution in [0.15, 0.2) is 24.4 Å². The van der Waals surface area contributed by atoms with Crippen LogP contribution in [0.5, 0.6) is 0 Å². The molecular weight excluding hydrogens is 456 g/mol. The van der Waals surface area contributed by atoms with E-state index in [-0.39, 0.29) is 11.3 Å². The number of halogens is 1. The Morgan fingerprint density at radius 1 is 1.14 bits per heavy atom. The lowest BCUT2D eigenvalue weighted by Gasteiger charge is -2.61. The average molecular weight is 497 g/mol. The Morgan fingerprint density at radius 2 is 2.00 bits per heavy atom. The van der Waals surface area contributed by atoms with Gasteiger partial charge in [0.05, 0.1) is 18.7 Å². The topological polar surface area (TPSA) is 44.1 Å². The molecule has 0 aliphatic heterocycles. The number of rotatable bonds is 5. The summed E-state index contributed by atoms with van der Waals surface area (Å²) in [5.74, 6) is 4.45. The van der Waals surface area contributed by atoms with Gasteiger partial charge in [0, 0.05) is 29.6 Å². The summed E-state index contributed by atoms with van der Waals surface area (Å²) in [6.07, 6.45) is 13.5.